The van der Waals surface area contributed by atoms with Crippen LogP contribution in [0, 0.1) is 0 Å². The molecule has 2 rings (SSSR count). The Bertz CT molecular complexity index is 500. The van der Waals surface area contributed by atoms with Crippen molar-refractivity contribution in [1.82, 2.24) is 0 Å². The van der Waals surface area contributed by atoms with Crippen LogP contribution in [0.3, 0.4) is 0 Å². The van der Waals surface area contributed by atoms with Crippen LogP contribution in [0.1, 0.15) is 23.2 Å². The first kappa shape index (κ1) is 13.2. The molecule has 0 aromatic heterocycles. The molecule has 19 heavy (non-hydrogen) atoms. The molecule has 1 atom stereocenters. The molecule has 0 saturated carbocycles. The summed E-state index contributed by atoms with van der Waals surface area (Å²) >= 11 is 0. The number of carboxylic acid groups (broad SMARTS) is 1. The van der Waals surface area contributed by atoms with Gasteiger partial charge in [-0.25, -0.2) is 4.79 Å². The van der Waals surface area contributed by atoms with Crippen LogP contribution in [0.15, 0.2) is 18.2 Å². The van der Waals surface area contributed by atoms with Crippen LogP contribution < -0.4 is 10.1 Å². The molecular formula is C13H15NO5. The lowest BCUT2D eigenvalue weighted by Gasteiger charge is -2.27. The maximum absolute atomic E-state index is 11.4. The summed E-state index contributed by atoms with van der Waals surface area (Å²) in [5, 5.41) is 11.8. The number of rotatable bonds is 4. The number of ether oxygens (including phenoxy) is 2. The minimum atomic E-state index is -0.825. The van der Waals surface area contributed by atoms with Crippen LogP contribution in [0.4, 0.5) is 5.69 Å². The number of aliphatic carboxylic acids is 1. The average Bonchev–Trinajstić information content (AvgIpc) is 2.43. The summed E-state index contributed by atoms with van der Waals surface area (Å²) in [6.07, 6.45) is 0.587. The number of esters is 1. The number of carbonyl (C=O) groups excluding carboxylic acids is 1. The highest BCUT2D eigenvalue weighted by molar-refractivity contribution is 5.90. The van der Waals surface area contributed by atoms with Gasteiger partial charge in [-0.05, 0) is 24.6 Å². The van der Waals surface area contributed by atoms with E-state index in [2.05, 4.69) is 10.1 Å². The number of hydrogen-bond acceptors (Lipinski definition) is 5. The molecule has 1 heterocycles. The number of benzene rings is 1. The van der Waals surface area contributed by atoms with Gasteiger partial charge in [-0.15, -0.1) is 0 Å². The molecule has 0 radical (unpaired) electrons. The van der Waals surface area contributed by atoms with Crippen LogP contribution in [-0.4, -0.2) is 36.8 Å². The van der Waals surface area contributed by atoms with Gasteiger partial charge in [-0.1, -0.05) is 0 Å². The van der Waals surface area contributed by atoms with E-state index in [0.29, 0.717) is 24.3 Å². The number of carbonyl (C=O) groups is 2. The van der Waals surface area contributed by atoms with Gasteiger partial charge in [0.05, 0.1) is 24.4 Å². The molecule has 0 spiro atoms. The van der Waals surface area contributed by atoms with Crippen LogP contribution in [-0.2, 0) is 9.53 Å². The first-order valence-corrected chi connectivity index (χ1v) is 5.93. The fourth-order valence-corrected chi connectivity index (χ4v) is 1.91. The van der Waals surface area contributed by atoms with Crippen molar-refractivity contribution in [2.75, 3.05) is 19.0 Å². The highest BCUT2D eigenvalue weighted by Crippen LogP contribution is 2.31. The zero-order chi connectivity index (χ0) is 13.8. The predicted molar refractivity (Wildman–Crippen MR) is 67.6 cm³/mol. The zero-order valence-electron chi connectivity index (χ0n) is 10.5. The molecular weight excluding hydrogens is 250 g/mol. The van der Waals surface area contributed by atoms with Crippen molar-refractivity contribution >= 4 is 17.6 Å². The Labute approximate surface area is 110 Å². The van der Waals surface area contributed by atoms with Crippen molar-refractivity contribution in [2.45, 2.75) is 18.9 Å². The van der Waals surface area contributed by atoms with Gasteiger partial charge in [0.1, 0.15) is 12.4 Å². The fraction of sp³-hybridized carbons (Fsp3) is 0.385. The summed E-state index contributed by atoms with van der Waals surface area (Å²) in [4.78, 5) is 21.9. The molecule has 1 unspecified atom stereocenters. The third-order valence-corrected chi connectivity index (χ3v) is 2.91. The number of carboxylic acids is 1. The number of nitrogens with one attached hydrogen (secondary N) is 1. The molecule has 102 valence electrons. The lowest BCUT2D eigenvalue weighted by Crippen LogP contribution is -2.32. The molecule has 1 aliphatic rings. The first-order valence-electron chi connectivity index (χ1n) is 5.93. The van der Waals surface area contributed by atoms with Crippen molar-refractivity contribution in [1.29, 1.82) is 0 Å². The molecule has 6 nitrogen and oxygen atoms in total. The summed E-state index contributed by atoms with van der Waals surface area (Å²) in [5.41, 5.74) is 1.18. The maximum Gasteiger partial charge on any atom is 0.337 e. The topological polar surface area (TPSA) is 84.9 Å². The summed E-state index contributed by atoms with van der Waals surface area (Å²) in [5.74, 6) is -0.664. The second-order valence-corrected chi connectivity index (χ2v) is 4.29. The summed E-state index contributed by atoms with van der Waals surface area (Å²) in [6, 6.07) is 4.95. The van der Waals surface area contributed by atoms with Gasteiger partial charge < -0.3 is 19.9 Å². The molecule has 6 heteroatoms. The third-order valence-electron chi connectivity index (χ3n) is 2.91. The van der Waals surface area contributed by atoms with E-state index in [-0.39, 0.29) is 12.5 Å². The molecule has 0 aliphatic carbocycles. The van der Waals surface area contributed by atoms with Crippen molar-refractivity contribution < 1.29 is 24.2 Å². The largest absolute Gasteiger partial charge is 0.489 e. The molecule has 0 saturated heterocycles. The Kier molecular flexibility index (Phi) is 3.89. The Morgan fingerprint density at radius 1 is 1.53 bits per heavy atom. The fourth-order valence-electron chi connectivity index (χ4n) is 1.91. The van der Waals surface area contributed by atoms with E-state index in [0.717, 1.165) is 5.69 Å². The van der Waals surface area contributed by atoms with Gasteiger partial charge >= 0.3 is 11.9 Å². The van der Waals surface area contributed by atoms with Crippen LogP contribution in [0.5, 0.6) is 5.75 Å². The second-order valence-electron chi connectivity index (χ2n) is 4.29. The standard InChI is InChI=1S/C13H15NO5/c1-18-13(17)8-2-4-10-11(6-8)19-7-9(14-10)3-5-12(15)16/h2,4,6,9,14H,3,5,7H2,1H3,(H,15,16). The van der Waals surface area contributed by atoms with Gasteiger partial charge in [-0.3, -0.25) is 4.79 Å². The van der Waals surface area contributed by atoms with Crippen LogP contribution in [0.25, 0.3) is 0 Å². The van der Waals surface area contributed by atoms with Crippen molar-refractivity contribution in [3.63, 3.8) is 0 Å². The van der Waals surface area contributed by atoms with E-state index >= 15 is 0 Å². The monoisotopic (exact) mass is 265 g/mol. The van der Waals surface area contributed by atoms with Gasteiger partial charge in [0.15, 0.2) is 0 Å². The van der Waals surface area contributed by atoms with Gasteiger partial charge in [0.2, 0.25) is 0 Å². The minimum absolute atomic E-state index is 0.0347. The maximum atomic E-state index is 11.4. The van der Waals surface area contributed by atoms with Gasteiger partial charge in [0.25, 0.3) is 0 Å². The van der Waals surface area contributed by atoms with E-state index in [4.69, 9.17) is 9.84 Å². The average molecular weight is 265 g/mol. The Balaban J connectivity index is 2.06. The van der Waals surface area contributed by atoms with E-state index in [1.54, 1.807) is 18.2 Å². The predicted octanol–water partition coefficient (Wildman–Crippen LogP) is 1.51. The Hall–Kier alpha value is -2.24. The third kappa shape index (κ3) is 3.15. The second kappa shape index (κ2) is 5.60. The van der Waals surface area contributed by atoms with Crippen molar-refractivity contribution in [2.24, 2.45) is 0 Å². The van der Waals surface area contributed by atoms with Gasteiger partial charge in [0, 0.05) is 6.42 Å². The lowest BCUT2D eigenvalue weighted by atomic mass is 10.1. The molecule has 0 bridgehead atoms. The zero-order valence-corrected chi connectivity index (χ0v) is 10.5. The summed E-state index contributed by atoms with van der Waals surface area (Å²) < 4.78 is 10.2. The number of anilines is 1. The molecule has 1 aliphatic heterocycles. The SMILES string of the molecule is COC(=O)c1ccc2c(c1)OCC(CCC(=O)O)N2. The molecule has 2 N–H and O–H groups in total. The summed E-state index contributed by atoms with van der Waals surface area (Å²) in [6.45, 7) is 0.380. The van der Waals surface area contributed by atoms with Crippen LogP contribution >= 0.6 is 0 Å². The van der Waals surface area contributed by atoms with Gasteiger partial charge in [-0.2, -0.15) is 0 Å². The van der Waals surface area contributed by atoms with E-state index in [1.807, 2.05) is 0 Å². The van der Waals surface area contributed by atoms with Crippen molar-refractivity contribution in [3.05, 3.63) is 23.8 Å². The lowest BCUT2D eigenvalue weighted by molar-refractivity contribution is -0.137. The molecule has 1 aromatic carbocycles. The van der Waals surface area contributed by atoms with Crippen molar-refractivity contribution in [3.8, 4) is 5.75 Å². The molecule has 1 aromatic rings. The smallest absolute Gasteiger partial charge is 0.337 e. The minimum Gasteiger partial charge on any atom is -0.489 e. The number of hydrogen-bond donors (Lipinski definition) is 2. The summed E-state index contributed by atoms with van der Waals surface area (Å²) in [7, 11) is 1.32. The van der Waals surface area contributed by atoms with Crippen LogP contribution in [0.2, 0.25) is 0 Å². The number of fused-ring (bicyclic) bond motifs is 1. The Morgan fingerprint density at radius 2 is 2.32 bits per heavy atom. The normalized spacial score (nSPS) is 16.8. The first-order chi connectivity index (χ1) is 9.10. The van der Waals surface area contributed by atoms with E-state index < -0.39 is 11.9 Å². The molecule has 0 amide bonds. The number of methoxy groups -OCH3 is 1. The highest BCUT2D eigenvalue weighted by Gasteiger charge is 2.20. The highest BCUT2D eigenvalue weighted by atomic mass is 16.5. The Morgan fingerprint density at radius 3 is 3.00 bits per heavy atom. The molecule has 0 fully saturated rings. The van der Waals surface area contributed by atoms with E-state index in [1.165, 1.54) is 7.11 Å². The van der Waals surface area contributed by atoms with E-state index in [9.17, 15) is 9.59 Å². The quantitative estimate of drug-likeness (QED) is 0.803.